The molecule has 0 saturated heterocycles. The second-order valence-electron chi connectivity index (χ2n) is 4.68. The Morgan fingerprint density at radius 3 is 2.85 bits per heavy atom. The van der Waals surface area contributed by atoms with Crippen molar-refractivity contribution in [1.29, 1.82) is 0 Å². The van der Waals surface area contributed by atoms with Crippen molar-refractivity contribution in [2.75, 3.05) is 0 Å². The predicted octanol–water partition coefficient (Wildman–Crippen LogP) is 3.39. The van der Waals surface area contributed by atoms with Gasteiger partial charge in [0, 0.05) is 22.8 Å². The molecule has 1 N–H and O–H groups in total. The molecule has 20 heavy (non-hydrogen) atoms. The van der Waals surface area contributed by atoms with Gasteiger partial charge in [-0.3, -0.25) is 9.78 Å². The minimum Gasteiger partial charge on any atom is -0.305 e. The van der Waals surface area contributed by atoms with Crippen molar-refractivity contribution in [1.82, 2.24) is 15.0 Å². The minimum absolute atomic E-state index is 0.0606. The zero-order valence-corrected chi connectivity index (χ0v) is 12.0. The van der Waals surface area contributed by atoms with Gasteiger partial charge in [0.15, 0.2) is 0 Å². The van der Waals surface area contributed by atoms with Gasteiger partial charge in [0.2, 0.25) is 0 Å². The van der Waals surface area contributed by atoms with Crippen LogP contribution >= 0.6 is 11.3 Å². The van der Waals surface area contributed by atoms with Gasteiger partial charge in [-0.1, -0.05) is 13.3 Å². The zero-order chi connectivity index (χ0) is 13.9. The van der Waals surface area contributed by atoms with E-state index in [2.05, 4.69) is 21.9 Å². The van der Waals surface area contributed by atoms with Crippen molar-refractivity contribution < 1.29 is 0 Å². The Balaban J connectivity index is 2.07. The van der Waals surface area contributed by atoms with E-state index >= 15 is 0 Å². The van der Waals surface area contributed by atoms with E-state index in [1.807, 2.05) is 18.2 Å². The summed E-state index contributed by atoms with van der Waals surface area (Å²) >= 11 is 1.55. The molecule has 0 saturated carbocycles. The van der Waals surface area contributed by atoms with Crippen molar-refractivity contribution in [3.8, 4) is 11.4 Å². The normalized spacial score (nSPS) is 11.1. The average Bonchev–Trinajstić information content (AvgIpc) is 2.89. The van der Waals surface area contributed by atoms with Gasteiger partial charge < -0.3 is 4.98 Å². The number of thiophene rings is 1. The van der Waals surface area contributed by atoms with Gasteiger partial charge in [-0.15, -0.1) is 11.3 Å². The summed E-state index contributed by atoms with van der Waals surface area (Å²) in [5, 5.41) is 0. The van der Waals surface area contributed by atoms with Gasteiger partial charge in [-0.25, -0.2) is 4.98 Å². The lowest BCUT2D eigenvalue weighted by Gasteiger charge is -1.99. The number of rotatable bonds is 4. The van der Waals surface area contributed by atoms with Gasteiger partial charge in [0.05, 0.1) is 5.52 Å². The highest BCUT2D eigenvalue weighted by molar-refractivity contribution is 7.18. The second-order valence-corrected chi connectivity index (χ2v) is 5.82. The van der Waals surface area contributed by atoms with E-state index in [1.54, 1.807) is 23.7 Å². The Hall–Kier alpha value is -2.01. The first-order chi connectivity index (χ1) is 9.78. The Morgan fingerprint density at radius 1 is 1.30 bits per heavy atom. The maximum atomic E-state index is 12.2. The number of nitrogens with one attached hydrogen (secondary N) is 1. The van der Waals surface area contributed by atoms with Crippen LogP contribution in [0.4, 0.5) is 0 Å². The number of nitrogens with zero attached hydrogens (tertiary/aromatic N) is 2. The maximum absolute atomic E-state index is 12.2. The second kappa shape index (κ2) is 5.54. The van der Waals surface area contributed by atoms with Crippen LogP contribution in [0.5, 0.6) is 0 Å². The standard InChI is InChI=1S/C15H15N3OS/c1-2-3-4-11-9-12-13(20-11)15(19)18-14(17-12)10-5-7-16-8-6-10/h5-9H,2-4H2,1H3,(H,17,18,19). The van der Waals surface area contributed by atoms with Gasteiger partial charge in [0.25, 0.3) is 5.56 Å². The Morgan fingerprint density at radius 2 is 2.10 bits per heavy atom. The molecule has 0 aliphatic heterocycles. The summed E-state index contributed by atoms with van der Waals surface area (Å²) in [5.74, 6) is 0.602. The molecule has 0 spiro atoms. The highest BCUT2D eigenvalue weighted by Crippen LogP contribution is 2.24. The molecule has 3 aromatic rings. The number of aromatic amines is 1. The summed E-state index contributed by atoms with van der Waals surface area (Å²) in [4.78, 5) is 24.8. The first kappa shape index (κ1) is 13.0. The van der Waals surface area contributed by atoms with Crippen LogP contribution < -0.4 is 5.56 Å². The Bertz CT molecular complexity index is 777. The molecule has 0 atom stereocenters. The molecule has 0 aromatic carbocycles. The third kappa shape index (κ3) is 2.49. The van der Waals surface area contributed by atoms with Crippen LogP contribution in [0.3, 0.4) is 0 Å². The molecule has 3 aromatic heterocycles. The van der Waals surface area contributed by atoms with E-state index in [-0.39, 0.29) is 5.56 Å². The number of H-pyrrole nitrogens is 1. The number of aryl methyl sites for hydroxylation is 1. The fourth-order valence-electron chi connectivity index (χ4n) is 2.11. The molecule has 102 valence electrons. The number of fused-ring (bicyclic) bond motifs is 1. The summed E-state index contributed by atoms with van der Waals surface area (Å²) < 4.78 is 0.717. The molecule has 0 radical (unpaired) electrons. The van der Waals surface area contributed by atoms with E-state index in [1.165, 1.54) is 4.88 Å². The average molecular weight is 285 g/mol. The minimum atomic E-state index is -0.0606. The number of unbranched alkanes of at least 4 members (excludes halogenated alkanes) is 1. The molecular formula is C15H15N3OS. The van der Waals surface area contributed by atoms with Crippen molar-refractivity contribution >= 4 is 21.6 Å². The lowest BCUT2D eigenvalue weighted by atomic mass is 10.2. The summed E-state index contributed by atoms with van der Waals surface area (Å²) in [7, 11) is 0. The summed E-state index contributed by atoms with van der Waals surface area (Å²) in [6.45, 7) is 2.17. The lowest BCUT2D eigenvalue weighted by Crippen LogP contribution is -2.07. The topological polar surface area (TPSA) is 58.6 Å². The third-order valence-corrected chi connectivity index (χ3v) is 4.35. The summed E-state index contributed by atoms with van der Waals surface area (Å²) in [5.41, 5.74) is 1.60. The number of hydrogen-bond acceptors (Lipinski definition) is 4. The SMILES string of the molecule is CCCCc1cc2nc(-c3ccncc3)[nH]c(=O)c2s1. The number of pyridine rings is 1. The van der Waals surface area contributed by atoms with Crippen LogP contribution in [0.15, 0.2) is 35.4 Å². The third-order valence-electron chi connectivity index (χ3n) is 3.16. The number of hydrogen-bond donors (Lipinski definition) is 1. The van der Waals surface area contributed by atoms with Gasteiger partial charge >= 0.3 is 0 Å². The first-order valence-electron chi connectivity index (χ1n) is 6.71. The van der Waals surface area contributed by atoms with E-state index in [4.69, 9.17) is 0 Å². The Labute approximate surface area is 120 Å². The van der Waals surface area contributed by atoms with Crippen LogP contribution in [0.25, 0.3) is 21.6 Å². The summed E-state index contributed by atoms with van der Waals surface area (Å²) in [6.07, 6.45) is 6.70. The van der Waals surface area contributed by atoms with Crippen molar-refractivity contribution in [2.45, 2.75) is 26.2 Å². The number of aromatic nitrogens is 3. The smallest absolute Gasteiger partial charge is 0.269 e. The molecule has 4 nitrogen and oxygen atoms in total. The highest BCUT2D eigenvalue weighted by Gasteiger charge is 2.09. The van der Waals surface area contributed by atoms with Crippen LogP contribution in [0.1, 0.15) is 24.6 Å². The first-order valence-corrected chi connectivity index (χ1v) is 7.52. The van der Waals surface area contributed by atoms with Gasteiger partial charge in [0.1, 0.15) is 10.5 Å². The maximum Gasteiger partial charge on any atom is 0.269 e. The fourth-order valence-corrected chi connectivity index (χ4v) is 3.14. The van der Waals surface area contributed by atoms with Crippen LogP contribution in [-0.4, -0.2) is 15.0 Å². The molecular weight excluding hydrogens is 270 g/mol. The van der Waals surface area contributed by atoms with Crippen LogP contribution in [-0.2, 0) is 6.42 Å². The van der Waals surface area contributed by atoms with Crippen molar-refractivity contribution in [3.05, 3.63) is 45.8 Å². The molecule has 0 amide bonds. The molecule has 3 heterocycles. The lowest BCUT2D eigenvalue weighted by molar-refractivity contribution is 0.804. The van der Waals surface area contributed by atoms with E-state index in [0.717, 1.165) is 30.3 Å². The quantitative estimate of drug-likeness (QED) is 0.799. The van der Waals surface area contributed by atoms with E-state index < -0.39 is 0 Å². The fraction of sp³-hybridized carbons (Fsp3) is 0.267. The molecule has 0 aliphatic carbocycles. The molecule has 0 fully saturated rings. The molecule has 0 aliphatic rings. The van der Waals surface area contributed by atoms with Gasteiger partial charge in [-0.05, 0) is 31.0 Å². The van der Waals surface area contributed by atoms with Crippen LogP contribution in [0.2, 0.25) is 0 Å². The monoisotopic (exact) mass is 285 g/mol. The molecule has 0 unspecified atom stereocenters. The summed E-state index contributed by atoms with van der Waals surface area (Å²) in [6, 6.07) is 5.72. The molecule has 3 rings (SSSR count). The highest BCUT2D eigenvalue weighted by atomic mass is 32.1. The largest absolute Gasteiger partial charge is 0.305 e. The molecule has 5 heteroatoms. The Kier molecular flexibility index (Phi) is 3.60. The zero-order valence-electron chi connectivity index (χ0n) is 11.2. The van der Waals surface area contributed by atoms with E-state index in [0.29, 0.717) is 10.5 Å². The molecule has 0 bridgehead atoms. The van der Waals surface area contributed by atoms with Crippen molar-refractivity contribution in [3.63, 3.8) is 0 Å². The van der Waals surface area contributed by atoms with Crippen LogP contribution in [0, 0.1) is 0 Å². The van der Waals surface area contributed by atoms with E-state index in [9.17, 15) is 4.79 Å². The predicted molar refractivity (Wildman–Crippen MR) is 82.1 cm³/mol. The van der Waals surface area contributed by atoms with Gasteiger partial charge in [-0.2, -0.15) is 0 Å². The van der Waals surface area contributed by atoms with Crippen molar-refractivity contribution in [2.24, 2.45) is 0 Å².